The van der Waals surface area contributed by atoms with Gasteiger partial charge in [-0.25, -0.2) is 4.39 Å². The molecule has 0 saturated carbocycles. The average Bonchev–Trinajstić information content (AvgIpc) is 3.54. The van der Waals surface area contributed by atoms with E-state index in [-0.39, 0.29) is 43.6 Å². The lowest BCUT2D eigenvalue weighted by Gasteiger charge is -2.40. The smallest absolute Gasteiger partial charge is 0.254 e. The number of hydrogen-bond acceptors (Lipinski definition) is 6. The molecular formula is C28H29FN2O5S. The van der Waals surface area contributed by atoms with Crippen LogP contribution in [-0.4, -0.2) is 53.6 Å². The molecule has 37 heavy (non-hydrogen) atoms. The van der Waals surface area contributed by atoms with E-state index in [1.807, 2.05) is 32.2 Å². The summed E-state index contributed by atoms with van der Waals surface area (Å²) in [5, 5.41) is 2.02. The highest BCUT2D eigenvalue weighted by molar-refractivity contribution is 7.10. The van der Waals surface area contributed by atoms with Crippen LogP contribution in [0.3, 0.4) is 0 Å². The van der Waals surface area contributed by atoms with Crippen molar-refractivity contribution in [2.45, 2.75) is 38.8 Å². The standard InChI is InChI=1S/C28H29FN2O5S/c1-28(2,3)31(27(33)18-4-9-23-24(14-18)36-17-35-23)15-26(32)30-12-10-25-21(11-13-37-25)22(30)16-34-20-7-5-19(29)6-8-20/h4-9,11,13-14,22H,10,12,15-17H2,1-3H3/t22-/m1/s1. The SMILES string of the molecule is CC(C)(C)N(CC(=O)N1CCc2sccc2[C@H]1COc1ccc(F)cc1)C(=O)c1ccc2c(c1)OCO2. The van der Waals surface area contributed by atoms with Gasteiger partial charge in [-0.05, 0) is 86.7 Å². The van der Waals surface area contributed by atoms with Crippen molar-refractivity contribution in [1.82, 2.24) is 9.80 Å². The van der Waals surface area contributed by atoms with Gasteiger partial charge in [-0.15, -0.1) is 11.3 Å². The quantitative estimate of drug-likeness (QED) is 0.451. The van der Waals surface area contributed by atoms with Crippen LogP contribution in [0, 0.1) is 5.82 Å². The lowest BCUT2D eigenvalue weighted by molar-refractivity contribution is -0.136. The van der Waals surface area contributed by atoms with Crippen molar-refractivity contribution in [2.24, 2.45) is 0 Å². The molecule has 3 heterocycles. The van der Waals surface area contributed by atoms with Crippen LogP contribution in [0.4, 0.5) is 4.39 Å². The summed E-state index contributed by atoms with van der Waals surface area (Å²) in [7, 11) is 0. The molecule has 0 spiro atoms. The zero-order valence-electron chi connectivity index (χ0n) is 21.0. The number of halogens is 1. The van der Waals surface area contributed by atoms with Gasteiger partial charge < -0.3 is 24.0 Å². The van der Waals surface area contributed by atoms with Crippen molar-refractivity contribution < 1.29 is 28.2 Å². The van der Waals surface area contributed by atoms with Crippen molar-refractivity contribution in [3.05, 3.63) is 75.7 Å². The fourth-order valence-corrected chi connectivity index (χ4v) is 5.53. The van der Waals surface area contributed by atoms with Gasteiger partial charge in [0.25, 0.3) is 5.91 Å². The Kier molecular flexibility index (Phi) is 6.81. The highest BCUT2D eigenvalue weighted by Crippen LogP contribution is 2.35. The van der Waals surface area contributed by atoms with E-state index in [0.29, 0.717) is 29.4 Å². The molecule has 7 nitrogen and oxygen atoms in total. The maximum Gasteiger partial charge on any atom is 0.254 e. The van der Waals surface area contributed by atoms with E-state index in [9.17, 15) is 14.0 Å². The van der Waals surface area contributed by atoms with Crippen LogP contribution in [0.25, 0.3) is 0 Å². The van der Waals surface area contributed by atoms with E-state index >= 15 is 0 Å². The van der Waals surface area contributed by atoms with Crippen molar-refractivity contribution in [3.8, 4) is 17.2 Å². The molecule has 1 atom stereocenters. The van der Waals surface area contributed by atoms with Gasteiger partial charge in [0.1, 0.15) is 24.7 Å². The summed E-state index contributed by atoms with van der Waals surface area (Å²) < 4.78 is 30.1. The number of carbonyl (C=O) groups excluding carboxylic acids is 2. The Balaban J connectivity index is 1.36. The number of benzene rings is 2. The van der Waals surface area contributed by atoms with Crippen LogP contribution < -0.4 is 14.2 Å². The van der Waals surface area contributed by atoms with Crippen molar-refractivity contribution >= 4 is 23.2 Å². The molecular weight excluding hydrogens is 495 g/mol. The number of nitrogens with zero attached hydrogens (tertiary/aromatic N) is 2. The molecule has 0 radical (unpaired) electrons. The number of carbonyl (C=O) groups is 2. The van der Waals surface area contributed by atoms with Crippen LogP contribution >= 0.6 is 11.3 Å². The molecule has 0 fully saturated rings. The molecule has 3 aromatic rings. The Labute approximate surface area is 219 Å². The zero-order chi connectivity index (χ0) is 26.2. The van der Waals surface area contributed by atoms with E-state index in [4.69, 9.17) is 14.2 Å². The number of hydrogen-bond donors (Lipinski definition) is 0. The van der Waals surface area contributed by atoms with Gasteiger partial charge in [0.05, 0.1) is 6.04 Å². The molecule has 0 aliphatic carbocycles. The van der Waals surface area contributed by atoms with E-state index in [0.717, 1.165) is 12.0 Å². The molecule has 194 valence electrons. The molecule has 5 rings (SSSR count). The van der Waals surface area contributed by atoms with Crippen LogP contribution in [0.1, 0.15) is 47.6 Å². The van der Waals surface area contributed by atoms with Crippen molar-refractivity contribution in [1.29, 1.82) is 0 Å². The molecule has 0 bridgehead atoms. The first-order chi connectivity index (χ1) is 17.7. The molecule has 1 aromatic heterocycles. The maximum atomic E-state index is 13.8. The van der Waals surface area contributed by atoms with Crippen molar-refractivity contribution in [3.63, 3.8) is 0 Å². The second-order valence-electron chi connectivity index (χ2n) is 10.0. The van der Waals surface area contributed by atoms with Gasteiger partial charge in [0, 0.05) is 22.5 Å². The first-order valence-electron chi connectivity index (χ1n) is 12.2. The average molecular weight is 525 g/mol. The first kappa shape index (κ1) is 25.1. The summed E-state index contributed by atoms with van der Waals surface area (Å²) in [5.41, 5.74) is 0.880. The third-order valence-corrected chi connectivity index (χ3v) is 7.60. The molecule has 2 aliphatic rings. The van der Waals surface area contributed by atoms with E-state index in [1.54, 1.807) is 51.5 Å². The Hall–Kier alpha value is -3.59. The maximum absolute atomic E-state index is 13.8. The van der Waals surface area contributed by atoms with Gasteiger partial charge in [-0.1, -0.05) is 0 Å². The fourth-order valence-electron chi connectivity index (χ4n) is 4.61. The normalized spacial score (nSPS) is 16.3. The zero-order valence-corrected chi connectivity index (χ0v) is 21.8. The van der Waals surface area contributed by atoms with E-state index in [1.165, 1.54) is 17.0 Å². The second kappa shape index (κ2) is 10.0. The van der Waals surface area contributed by atoms with Crippen LogP contribution in [0.15, 0.2) is 53.9 Å². The number of rotatable bonds is 6. The molecule has 2 amide bonds. The van der Waals surface area contributed by atoms with Gasteiger partial charge in [-0.2, -0.15) is 0 Å². The minimum absolute atomic E-state index is 0.0801. The summed E-state index contributed by atoms with van der Waals surface area (Å²) in [6.07, 6.45) is 0.747. The summed E-state index contributed by atoms with van der Waals surface area (Å²) in [6.45, 7) is 6.53. The number of fused-ring (bicyclic) bond motifs is 2. The molecule has 0 saturated heterocycles. The summed E-state index contributed by atoms with van der Waals surface area (Å²) in [5.74, 6) is 0.894. The van der Waals surface area contributed by atoms with E-state index in [2.05, 4.69) is 0 Å². The summed E-state index contributed by atoms with van der Waals surface area (Å²) in [4.78, 5) is 32.0. The Bertz CT molecular complexity index is 1300. The van der Waals surface area contributed by atoms with Crippen LogP contribution in [0.5, 0.6) is 17.2 Å². The fraction of sp³-hybridized carbons (Fsp3) is 0.357. The highest BCUT2D eigenvalue weighted by atomic mass is 32.1. The van der Waals surface area contributed by atoms with Gasteiger partial charge in [0.2, 0.25) is 12.7 Å². The second-order valence-corrected chi connectivity index (χ2v) is 11.0. The molecule has 0 N–H and O–H groups in total. The van der Waals surface area contributed by atoms with Crippen LogP contribution in [0.2, 0.25) is 0 Å². The number of ether oxygens (including phenoxy) is 3. The summed E-state index contributed by atoms with van der Waals surface area (Å²) in [6, 6.07) is 12.6. The lowest BCUT2D eigenvalue weighted by Crippen LogP contribution is -2.53. The predicted molar refractivity (Wildman–Crippen MR) is 138 cm³/mol. The third-order valence-electron chi connectivity index (χ3n) is 6.60. The minimum atomic E-state index is -0.605. The van der Waals surface area contributed by atoms with Gasteiger partial charge in [0.15, 0.2) is 11.5 Å². The molecule has 9 heteroatoms. The topological polar surface area (TPSA) is 68.3 Å². The Morgan fingerprint density at radius 1 is 1.11 bits per heavy atom. The predicted octanol–water partition coefficient (Wildman–Crippen LogP) is 5.06. The highest BCUT2D eigenvalue weighted by Gasteiger charge is 2.36. The van der Waals surface area contributed by atoms with Gasteiger partial charge >= 0.3 is 0 Å². The third kappa shape index (κ3) is 5.27. The Morgan fingerprint density at radius 2 is 1.86 bits per heavy atom. The largest absolute Gasteiger partial charge is 0.491 e. The first-order valence-corrected chi connectivity index (χ1v) is 13.0. The molecule has 2 aromatic carbocycles. The summed E-state index contributed by atoms with van der Waals surface area (Å²) >= 11 is 1.67. The monoisotopic (exact) mass is 524 g/mol. The molecule has 2 aliphatic heterocycles. The van der Waals surface area contributed by atoms with Crippen molar-refractivity contribution in [2.75, 3.05) is 26.5 Å². The Morgan fingerprint density at radius 3 is 2.62 bits per heavy atom. The lowest BCUT2D eigenvalue weighted by atomic mass is 9.99. The van der Waals surface area contributed by atoms with Gasteiger partial charge in [-0.3, -0.25) is 9.59 Å². The number of amides is 2. The number of thiophene rings is 1. The van der Waals surface area contributed by atoms with Crippen LogP contribution in [-0.2, 0) is 11.2 Å². The molecule has 0 unspecified atom stereocenters. The van der Waals surface area contributed by atoms with E-state index < -0.39 is 5.54 Å². The minimum Gasteiger partial charge on any atom is -0.491 e.